The summed E-state index contributed by atoms with van der Waals surface area (Å²) in [6, 6.07) is 1.92. The first-order chi connectivity index (χ1) is 7.61. The van der Waals surface area contributed by atoms with E-state index in [9.17, 15) is 5.11 Å². The van der Waals surface area contributed by atoms with Crippen LogP contribution in [-0.4, -0.2) is 18.8 Å². The van der Waals surface area contributed by atoms with E-state index in [4.69, 9.17) is 10.5 Å². The summed E-state index contributed by atoms with van der Waals surface area (Å²) in [6.45, 7) is 4.57. The fraction of sp³-hybridized carbons (Fsp3) is 0.538. The second-order valence-corrected chi connectivity index (χ2v) is 4.08. The van der Waals surface area contributed by atoms with Crippen LogP contribution in [0.1, 0.15) is 29.5 Å². The number of methoxy groups -OCH3 is 1. The number of unbranched alkanes of at least 4 members (excludes halogenated alkanes) is 1. The molecule has 0 amide bonds. The van der Waals surface area contributed by atoms with Gasteiger partial charge in [0.15, 0.2) is 0 Å². The van der Waals surface area contributed by atoms with Crippen molar-refractivity contribution in [2.45, 2.75) is 33.1 Å². The zero-order chi connectivity index (χ0) is 12.1. The third-order valence-corrected chi connectivity index (χ3v) is 3.02. The molecule has 0 saturated heterocycles. The van der Waals surface area contributed by atoms with E-state index >= 15 is 0 Å². The molecule has 0 bridgehead atoms. The summed E-state index contributed by atoms with van der Waals surface area (Å²) in [5.41, 5.74) is 8.31. The van der Waals surface area contributed by atoms with Crippen LogP contribution < -0.4 is 10.5 Å². The molecule has 0 unspecified atom stereocenters. The van der Waals surface area contributed by atoms with Gasteiger partial charge in [0.05, 0.1) is 7.11 Å². The number of aryl methyl sites for hydroxylation is 1. The van der Waals surface area contributed by atoms with E-state index in [1.165, 1.54) is 0 Å². The van der Waals surface area contributed by atoms with Crippen molar-refractivity contribution in [3.8, 4) is 11.5 Å². The average Bonchev–Trinajstić information content (AvgIpc) is 2.29. The number of rotatable bonds is 5. The Morgan fingerprint density at radius 3 is 2.50 bits per heavy atom. The maximum absolute atomic E-state index is 10.0. The minimum absolute atomic E-state index is 0.398. The molecule has 0 radical (unpaired) electrons. The van der Waals surface area contributed by atoms with Gasteiger partial charge in [-0.3, -0.25) is 0 Å². The molecule has 1 aromatic rings. The number of benzene rings is 1. The highest BCUT2D eigenvalue weighted by atomic mass is 16.5. The number of phenolic OH excluding ortho intramolecular Hbond substituents is 1. The number of aromatic hydroxyl groups is 1. The van der Waals surface area contributed by atoms with Crippen LogP contribution in [0.2, 0.25) is 0 Å². The van der Waals surface area contributed by atoms with Gasteiger partial charge in [-0.15, -0.1) is 0 Å². The predicted octanol–water partition coefficient (Wildman–Crippen LogP) is 2.30. The van der Waals surface area contributed by atoms with Gasteiger partial charge in [-0.1, -0.05) is 0 Å². The zero-order valence-electron chi connectivity index (χ0n) is 10.3. The Kier molecular flexibility index (Phi) is 4.62. The number of ether oxygens (including phenoxy) is 1. The van der Waals surface area contributed by atoms with Crippen molar-refractivity contribution < 1.29 is 9.84 Å². The van der Waals surface area contributed by atoms with Crippen molar-refractivity contribution in [2.24, 2.45) is 5.73 Å². The molecule has 0 aromatic heterocycles. The summed E-state index contributed by atoms with van der Waals surface area (Å²) >= 11 is 0. The Balaban J connectivity index is 2.95. The van der Waals surface area contributed by atoms with Gasteiger partial charge in [-0.2, -0.15) is 0 Å². The van der Waals surface area contributed by atoms with Gasteiger partial charge >= 0.3 is 0 Å². The number of phenols is 1. The minimum atomic E-state index is 0.398. The number of hydrogen-bond donors (Lipinski definition) is 2. The smallest absolute Gasteiger partial charge is 0.122 e. The van der Waals surface area contributed by atoms with Crippen molar-refractivity contribution in [1.82, 2.24) is 0 Å². The normalized spacial score (nSPS) is 10.5. The van der Waals surface area contributed by atoms with Gasteiger partial charge in [-0.25, -0.2) is 0 Å². The fourth-order valence-corrected chi connectivity index (χ4v) is 1.80. The molecule has 3 N–H and O–H groups in total. The van der Waals surface area contributed by atoms with E-state index in [2.05, 4.69) is 0 Å². The van der Waals surface area contributed by atoms with Crippen LogP contribution in [-0.2, 0) is 6.42 Å². The van der Waals surface area contributed by atoms with Gasteiger partial charge < -0.3 is 15.6 Å². The van der Waals surface area contributed by atoms with E-state index in [1.807, 2.05) is 19.9 Å². The molecule has 0 aliphatic carbocycles. The van der Waals surface area contributed by atoms with Gasteiger partial charge in [0.2, 0.25) is 0 Å². The molecule has 0 aliphatic heterocycles. The highest BCUT2D eigenvalue weighted by Crippen LogP contribution is 2.33. The Morgan fingerprint density at radius 2 is 1.94 bits per heavy atom. The van der Waals surface area contributed by atoms with Crippen molar-refractivity contribution in [1.29, 1.82) is 0 Å². The Bertz CT molecular complexity index is 361. The van der Waals surface area contributed by atoms with E-state index < -0.39 is 0 Å². The molecule has 0 spiro atoms. The molecule has 0 aliphatic rings. The Morgan fingerprint density at radius 1 is 1.25 bits per heavy atom. The Hall–Kier alpha value is -1.22. The first kappa shape index (κ1) is 12.8. The lowest BCUT2D eigenvalue weighted by Crippen LogP contribution is -2.00. The lowest BCUT2D eigenvalue weighted by Gasteiger charge is -2.13. The first-order valence-electron chi connectivity index (χ1n) is 5.68. The van der Waals surface area contributed by atoms with Gasteiger partial charge in [0, 0.05) is 0 Å². The molecule has 3 nitrogen and oxygen atoms in total. The van der Waals surface area contributed by atoms with Crippen molar-refractivity contribution >= 4 is 0 Å². The minimum Gasteiger partial charge on any atom is -0.507 e. The Labute approximate surface area is 97.2 Å². The standard InChI is InChI=1S/C13H21NO2/c1-9-10(2)13(15)11(6-4-5-7-14)8-12(9)16-3/h8,15H,4-7,14H2,1-3H3. The molecule has 3 heteroatoms. The molecule has 0 heterocycles. The van der Waals surface area contributed by atoms with Crippen LogP contribution in [0.3, 0.4) is 0 Å². The molecular formula is C13H21NO2. The van der Waals surface area contributed by atoms with E-state index in [-0.39, 0.29) is 0 Å². The lowest BCUT2D eigenvalue weighted by molar-refractivity contribution is 0.406. The topological polar surface area (TPSA) is 55.5 Å². The van der Waals surface area contributed by atoms with Gasteiger partial charge in [0.1, 0.15) is 11.5 Å². The number of nitrogens with two attached hydrogens (primary N) is 1. The van der Waals surface area contributed by atoms with Crippen molar-refractivity contribution in [3.63, 3.8) is 0 Å². The summed E-state index contributed by atoms with van der Waals surface area (Å²) in [5.74, 6) is 1.24. The van der Waals surface area contributed by atoms with Crippen molar-refractivity contribution in [3.05, 3.63) is 22.8 Å². The molecule has 0 saturated carbocycles. The van der Waals surface area contributed by atoms with E-state index in [0.717, 1.165) is 41.7 Å². The average molecular weight is 223 g/mol. The van der Waals surface area contributed by atoms with Gasteiger partial charge in [0.25, 0.3) is 0 Å². The van der Waals surface area contributed by atoms with Crippen LogP contribution in [0.15, 0.2) is 6.07 Å². The van der Waals surface area contributed by atoms with Crippen LogP contribution in [0.25, 0.3) is 0 Å². The maximum Gasteiger partial charge on any atom is 0.122 e. The fourth-order valence-electron chi connectivity index (χ4n) is 1.80. The predicted molar refractivity (Wildman–Crippen MR) is 66.1 cm³/mol. The SMILES string of the molecule is COc1cc(CCCCN)c(O)c(C)c1C. The molecule has 16 heavy (non-hydrogen) atoms. The highest BCUT2D eigenvalue weighted by Gasteiger charge is 2.11. The molecular weight excluding hydrogens is 202 g/mol. The second-order valence-electron chi connectivity index (χ2n) is 4.08. The largest absolute Gasteiger partial charge is 0.507 e. The van der Waals surface area contributed by atoms with Crippen molar-refractivity contribution in [2.75, 3.05) is 13.7 Å². The zero-order valence-corrected chi connectivity index (χ0v) is 10.3. The van der Waals surface area contributed by atoms with Gasteiger partial charge in [-0.05, 0) is 62.4 Å². The molecule has 0 fully saturated rings. The third-order valence-electron chi connectivity index (χ3n) is 3.02. The van der Waals surface area contributed by atoms with Crippen LogP contribution in [0.5, 0.6) is 11.5 Å². The maximum atomic E-state index is 10.0. The highest BCUT2D eigenvalue weighted by molar-refractivity contribution is 5.51. The summed E-state index contributed by atoms with van der Waals surface area (Å²) in [4.78, 5) is 0. The molecule has 1 aromatic carbocycles. The summed E-state index contributed by atoms with van der Waals surface area (Å²) in [6.07, 6.45) is 2.82. The van der Waals surface area contributed by atoms with Crippen LogP contribution >= 0.6 is 0 Å². The first-order valence-corrected chi connectivity index (χ1v) is 5.68. The van der Waals surface area contributed by atoms with Crippen LogP contribution in [0.4, 0.5) is 0 Å². The molecule has 90 valence electrons. The summed E-state index contributed by atoms with van der Waals surface area (Å²) in [7, 11) is 1.66. The second kappa shape index (κ2) is 5.75. The molecule has 0 atom stereocenters. The van der Waals surface area contributed by atoms with E-state index in [0.29, 0.717) is 12.3 Å². The van der Waals surface area contributed by atoms with E-state index in [1.54, 1.807) is 7.11 Å². The summed E-state index contributed by atoms with van der Waals surface area (Å²) in [5, 5.41) is 10.0. The quantitative estimate of drug-likeness (QED) is 0.753. The number of hydrogen-bond acceptors (Lipinski definition) is 3. The summed E-state index contributed by atoms with van der Waals surface area (Å²) < 4.78 is 5.29. The monoisotopic (exact) mass is 223 g/mol. The van der Waals surface area contributed by atoms with Crippen LogP contribution in [0, 0.1) is 13.8 Å². The lowest BCUT2D eigenvalue weighted by atomic mass is 9.99. The third kappa shape index (κ3) is 2.67. The molecule has 1 rings (SSSR count).